The van der Waals surface area contributed by atoms with Gasteiger partial charge in [0.05, 0.1) is 34.3 Å². The van der Waals surface area contributed by atoms with E-state index in [1.54, 1.807) is 41.1 Å². The number of sulfonamides is 1. The molecule has 11 nitrogen and oxygen atoms in total. The molecule has 1 saturated heterocycles. The third-order valence-electron chi connectivity index (χ3n) is 6.55. The van der Waals surface area contributed by atoms with Gasteiger partial charge in [-0.15, -0.1) is 0 Å². The quantitative estimate of drug-likeness (QED) is 0.255. The molecule has 3 aromatic carbocycles. The molecule has 1 aromatic heterocycles. The van der Waals surface area contributed by atoms with Crippen molar-refractivity contribution in [1.82, 2.24) is 14.5 Å². The fourth-order valence-electron chi connectivity index (χ4n) is 4.65. The minimum Gasteiger partial charge on any atom is -0.368 e. The van der Waals surface area contributed by atoms with Gasteiger partial charge < -0.3 is 9.80 Å². The lowest BCUT2D eigenvalue weighted by Crippen LogP contribution is -2.46. The van der Waals surface area contributed by atoms with E-state index < -0.39 is 20.9 Å². The Morgan fingerprint density at radius 1 is 0.925 bits per heavy atom. The number of carbonyl (C=O) groups is 1. The Kier molecular flexibility index (Phi) is 7.46. The van der Waals surface area contributed by atoms with Gasteiger partial charge in [-0.1, -0.05) is 23.7 Å². The van der Waals surface area contributed by atoms with Gasteiger partial charge in [-0.05, 0) is 48.5 Å². The third-order valence-corrected chi connectivity index (χ3v) is 7.36. The normalized spacial score (nSPS) is 13.8. The van der Waals surface area contributed by atoms with Crippen LogP contribution >= 0.6 is 11.6 Å². The van der Waals surface area contributed by atoms with Crippen molar-refractivity contribution in [3.05, 3.63) is 99.7 Å². The summed E-state index contributed by atoms with van der Waals surface area (Å²) >= 11 is 6.06. The van der Waals surface area contributed by atoms with Gasteiger partial charge in [0.1, 0.15) is 0 Å². The fraction of sp³-hybridized carbons (Fsp3) is 0.185. The van der Waals surface area contributed by atoms with Crippen LogP contribution in [0.15, 0.2) is 79.0 Å². The molecule has 4 aromatic rings. The lowest BCUT2D eigenvalue weighted by atomic mass is 10.1. The van der Waals surface area contributed by atoms with E-state index in [0.29, 0.717) is 48.1 Å². The second kappa shape index (κ2) is 11.0. The third kappa shape index (κ3) is 5.92. The Hall–Kier alpha value is -4.42. The second-order valence-electron chi connectivity index (χ2n) is 9.30. The maximum absolute atomic E-state index is 13.0. The van der Waals surface area contributed by atoms with Crippen LogP contribution in [0.1, 0.15) is 10.4 Å². The summed E-state index contributed by atoms with van der Waals surface area (Å²) in [5, 5.41) is 15.9. The van der Waals surface area contributed by atoms with E-state index in [1.807, 2.05) is 29.0 Å². The average Bonchev–Trinajstić information content (AvgIpc) is 3.38. The van der Waals surface area contributed by atoms with E-state index in [2.05, 4.69) is 14.9 Å². The molecule has 40 heavy (non-hydrogen) atoms. The van der Waals surface area contributed by atoms with E-state index in [4.69, 9.17) is 11.6 Å². The fourth-order valence-corrected chi connectivity index (χ4v) is 5.22. The Bertz CT molecular complexity index is 1660. The summed E-state index contributed by atoms with van der Waals surface area (Å²) in [6, 6.07) is 21.1. The van der Waals surface area contributed by atoms with Crippen LogP contribution in [0.5, 0.6) is 0 Å². The zero-order chi connectivity index (χ0) is 28.4. The molecule has 0 aliphatic carbocycles. The highest BCUT2D eigenvalue weighted by Gasteiger charge is 2.24. The first-order valence-corrected chi connectivity index (χ1v) is 14.6. The van der Waals surface area contributed by atoms with Gasteiger partial charge >= 0.3 is 0 Å². The molecular formula is C27H25ClN6O5S. The van der Waals surface area contributed by atoms with Crippen LogP contribution in [0.2, 0.25) is 5.02 Å². The molecule has 0 atom stereocenters. The summed E-state index contributed by atoms with van der Waals surface area (Å²) in [6.07, 6.45) is 2.27. The molecular weight excluding hydrogens is 556 g/mol. The zero-order valence-corrected chi connectivity index (χ0v) is 23.0. The van der Waals surface area contributed by atoms with Gasteiger partial charge in [0.2, 0.25) is 10.0 Å². The SMILES string of the molecule is CS(=O)(=O)NC(=O)c1cnn(-c2ccc(Cl)cc2)c1-c1cccc(N2CCN(c3ccc([N+](=O)[O-])cc3)CC2)c1. The number of nitrogens with one attached hydrogen (secondary N) is 1. The number of halogens is 1. The van der Waals surface area contributed by atoms with Gasteiger partial charge in [0.15, 0.2) is 0 Å². The number of hydrogen-bond donors (Lipinski definition) is 1. The molecule has 0 unspecified atom stereocenters. The van der Waals surface area contributed by atoms with E-state index in [0.717, 1.165) is 17.6 Å². The number of rotatable bonds is 7. The minimum absolute atomic E-state index is 0.0571. The van der Waals surface area contributed by atoms with Crippen molar-refractivity contribution in [3.63, 3.8) is 0 Å². The molecule has 206 valence electrons. The van der Waals surface area contributed by atoms with Crippen molar-refractivity contribution < 1.29 is 18.1 Å². The van der Waals surface area contributed by atoms with Gasteiger partial charge in [-0.2, -0.15) is 5.10 Å². The van der Waals surface area contributed by atoms with Crippen molar-refractivity contribution >= 4 is 44.6 Å². The molecule has 1 aliphatic heterocycles. The average molecular weight is 581 g/mol. The van der Waals surface area contributed by atoms with Crippen molar-refractivity contribution in [2.75, 3.05) is 42.2 Å². The predicted molar refractivity (Wildman–Crippen MR) is 154 cm³/mol. The number of aromatic nitrogens is 2. The zero-order valence-electron chi connectivity index (χ0n) is 21.4. The van der Waals surface area contributed by atoms with Crippen LogP contribution < -0.4 is 14.5 Å². The van der Waals surface area contributed by atoms with Crippen molar-refractivity contribution in [2.24, 2.45) is 0 Å². The van der Waals surface area contributed by atoms with E-state index in [-0.39, 0.29) is 11.3 Å². The van der Waals surface area contributed by atoms with Crippen LogP contribution in [0.3, 0.4) is 0 Å². The maximum Gasteiger partial charge on any atom is 0.269 e. The number of anilines is 2. The monoisotopic (exact) mass is 580 g/mol. The van der Waals surface area contributed by atoms with Gasteiger partial charge in [0, 0.05) is 60.3 Å². The Balaban J connectivity index is 1.43. The molecule has 1 N–H and O–H groups in total. The van der Waals surface area contributed by atoms with Crippen LogP contribution in [0, 0.1) is 10.1 Å². The minimum atomic E-state index is -3.79. The van der Waals surface area contributed by atoms with Crippen LogP contribution in [-0.2, 0) is 10.0 Å². The maximum atomic E-state index is 13.0. The standard InChI is InChI=1S/C27H25ClN6O5S/c1-40(38,39)30-27(35)25-18-29-33(22-7-5-20(28)6-8-22)26(25)19-3-2-4-24(17-19)32-15-13-31(14-16-32)21-9-11-23(12-10-21)34(36)37/h2-12,17-18H,13-16H2,1H3,(H,30,35). The second-order valence-corrected chi connectivity index (χ2v) is 11.5. The molecule has 0 radical (unpaired) electrons. The number of nitro benzene ring substituents is 1. The summed E-state index contributed by atoms with van der Waals surface area (Å²) in [5.41, 5.74) is 3.80. The molecule has 1 fully saturated rings. The van der Waals surface area contributed by atoms with Crippen molar-refractivity contribution in [3.8, 4) is 16.9 Å². The van der Waals surface area contributed by atoms with Crippen LogP contribution in [0.25, 0.3) is 16.9 Å². The molecule has 0 spiro atoms. The largest absolute Gasteiger partial charge is 0.368 e. The summed E-state index contributed by atoms with van der Waals surface area (Å²) in [4.78, 5) is 27.9. The molecule has 2 heterocycles. The number of hydrogen-bond acceptors (Lipinski definition) is 8. The van der Waals surface area contributed by atoms with Gasteiger partial charge in [-0.25, -0.2) is 17.8 Å². The molecule has 0 saturated carbocycles. The number of nitro groups is 1. The first kappa shape index (κ1) is 27.2. The van der Waals surface area contributed by atoms with Crippen molar-refractivity contribution in [2.45, 2.75) is 0 Å². The smallest absolute Gasteiger partial charge is 0.269 e. The highest BCUT2D eigenvalue weighted by atomic mass is 35.5. The topological polar surface area (TPSA) is 131 Å². The lowest BCUT2D eigenvalue weighted by molar-refractivity contribution is -0.384. The van der Waals surface area contributed by atoms with E-state index in [1.165, 1.54) is 18.3 Å². The molecule has 0 bridgehead atoms. The highest BCUT2D eigenvalue weighted by Crippen LogP contribution is 2.31. The van der Waals surface area contributed by atoms with Crippen molar-refractivity contribution in [1.29, 1.82) is 0 Å². The summed E-state index contributed by atoms with van der Waals surface area (Å²) in [5.74, 6) is -0.778. The number of benzene rings is 3. The molecule has 13 heteroatoms. The first-order chi connectivity index (χ1) is 19.1. The van der Waals surface area contributed by atoms with Gasteiger partial charge in [0.25, 0.3) is 11.6 Å². The van der Waals surface area contributed by atoms with E-state index in [9.17, 15) is 23.3 Å². The molecule has 5 rings (SSSR count). The number of non-ortho nitro benzene ring substituents is 1. The predicted octanol–water partition coefficient (Wildman–Crippen LogP) is 4.12. The number of piperazine rings is 1. The summed E-state index contributed by atoms with van der Waals surface area (Å²) in [7, 11) is -3.79. The lowest BCUT2D eigenvalue weighted by Gasteiger charge is -2.37. The summed E-state index contributed by atoms with van der Waals surface area (Å²) < 4.78 is 27.2. The van der Waals surface area contributed by atoms with E-state index >= 15 is 0 Å². The van der Waals surface area contributed by atoms with Crippen LogP contribution in [0.4, 0.5) is 17.1 Å². The van der Waals surface area contributed by atoms with Gasteiger partial charge in [-0.3, -0.25) is 14.9 Å². The highest BCUT2D eigenvalue weighted by molar-refractivity contribution is 7.89. The summed E-state index contributed by atoms with van der Waals surface area (Å²) in [6.45, 7) is 2.84. The number of carbonyl (C=O) groups excluding carboxylic acids is 1. The Morgan fingerprint density at radius 3 is 2.12 bits per heavy atom. The first-order valence-electron chi connectivity index (χ1n) is 12.3. The Morgan fingerprint density at radius 2 is 1.52 bits per heavy atom. The molecule has 1 amide bonds. The van der Waals surface area contributed by atoms with Crippen LogP contribution in [-0.4, -0.2) is 61.5 Å². The number of amides is 1. The molecule has 1 aliphatic rings. The Labute approximate surface area is 235 Å². The number of nitrogens with zero attached hydrogens (tertiary/aromatic N) is 5.